The number of anilines is 3. The lowest BCUT2D eigenvalue weighted by molar-refractivity contribution is -0.134. The number of carbonyl (C=O) groups excluding carboxylic acids is 3. The van der Waals surface area contributed by atoms with Gasteiger partial charge in [-0.1, -0.05) is 23.4 Å². The standard InChI is InChI=1S/C39H46N8O4/c40-37(49)35-38(43-32(22-41-35)47-18-2-1-3-19-47)42-28-11-8-26(9-12-28)25-6-4-24(5-7-25)23-46-20-16-27-10-13-30-34(31-14-15-33(48)44-39(31)50)45-51-36(30)29(27)17-21-46/h8-13,22,24-25,31H,1-7,14-21,23H2,(H2,40,49)(H,42,43)(H,44,48,50)/t24-,25+,31?. The molecule has 5 heterocycles. The van der Waals surface area contributed by atoms with Crippen molar-refractivity contribution in [3.8, 4) is 0 Å². The van der Waals surface area contributed by atoms with Gasteiger partial charge in [-0.25, -0.2) is 9.97 Å². The van der Waals surface area contributed by atoms with Gasteiger partial charge >= 0.3 is 0 Å². The number of carbonyl (C=O) groups is 3. The molecule has 1 aliphatic carbocycles. The fourth-order valence-corrected chi connectivity index (χ4v) is 8.62. The van der Waals surface area contributed by atoms with E-state index < -0.39 is 11.8 Å². The Morgan fingerprint density at radius 1 is 0.922 bits per heavy atom. The Morgan fingerprint density at radius 2 is 1.71 bits per heavy atom. The van der Waals surface area contributed by atoms with Crippen molar-refractivity contribution in [2.24, 2.45) is 11.7 Å². The number of imide groups is 1. The molecule has 3 amide bonds. The number of nitrogens with one attached hydrogen (secondary N) is 2. The molecule has 2 aromatic heterocycles. The molecule has 3 aliphatic heterocycles. The molecular formula is C39H46N8O4. The third-order valence-electron chi connectivity index (χ3n) is 11.5. The number of piperidine rings is 2. The van der Waals surface area contributed by atoms with Crippen LogP contribution in [-0.2, 0) is 22.4 Å². The van der Waals surface area contributed by atoms with Crippen LogP contribution in [0, 0.1) is 5.92 Å². The van der Waals surface area contributed by atoms with Gasteiger partial charge in [0, 0.05) is 55.8 Å². The Kier molecular flexibility index (Phi) is 9.42. The van der Waals surface area contributed by atoms with Crippen LogP contribution in [0.15, 0.2) is 47.1 Å². The number of rotatable bonds is 8. The fraction of sp³-hybridized carbons (Fsp3) is 0.487. The quantitative estimate of drug-likeness (QED) is 0.206. The average molecular weight is 691 g/mol. The van der Waals surface area contributed by atoms with E-state index in [1.807, 2.05) is 6.07 Å². The Labute approximate surface area is 297 Å². The van der Waals surface area contributed by atoms with Crippen LogP contribution in [0.25, 0.3) is 11.0 Å². The van der Waals surface area contributed by atoms with E-state index in [0.29, 0.717) is 36.2 Å². The molecule has 3 fully saturated rings. The summed E-state index contributed by atoms with van der Waals surface area (Å²) in [4.78, 5) is 50.3. The van der Waals surface area contributed by atoms with Gasteiger partial charge in [0.05, 0.1) is 12.1 Å². The van der Waals surface area contributed by atoms with E-state index in [9.17, 15) is 14.4 Å². The van der Waals surface area contributed by atoms with Gasteiger partial charge in [0.2, 0.25) is 11.8 Å². The molecule has 1 unspecified atom stereocenters. The molecule has 0 spiro atoms. The number of aromatic nitrogens is 3. The summed E-state index contributed by atoms with van der Waals surface area (Å²) in [6, 6.07) is 12.7. The third-order valence-corrected chi connectivity index (χ3v) is 11.5. The SMILES string of the molecule is NC(=O)c1ncc(N2CCCCC2)nc1Nc1ccc([C@H]2CC[C@@H](CN3CCc4ccc5c(C6CCC(=O)NC6=O)noc5c4CC3)CC2)cc1. The summed E-state index contributed by atoms with van der Waals surface area (Å²) in [6.45, 7) is 4.97. The van der Waals surface area contributed by atoms with Crippen molar-refractivity contribution < 1.29 is 18.9 Å². The Balaban J connectivity index is 0.856. The second-order valence-electron chi connectivity index (χ2n) is 14.8. The van der Waals surface area contributed by atoms with Crippen LogP contribution in [0.5, 0.6) is 0 Å². The van der Waals surface area contributed by atoms with Gasteiger partial charge in [0.15, 0.2) is 17.1 Å². The molecule has 0 radical (unpaired) electrons. The molecule has 2 aromatic carbocycles. The highest BCUT2D eigenvalue weighted by Crippen LogP contribution is 2.38. The highest BCUT2D eigenvalue weighted by Gasteiger charge is 2.33. The van der Waals surface area contributed by atoms with Gasteiger partial charge in [-0.15, -0.1) is 0 Å². The van der Waals surface area contributed by atoms with E-state index in [-0.39, 0.29) is 17.5 Å². The van der Waals surface area contributed by atoms with Crippen molar-refractivity contribution in [1.82, 2.24) is 25.3 Å². The predicted octanol–water partition coefficient (Wildman–Crippen LogP) is 5.35. The van der Waals surface area contributed by atoms with Gasteiger partial charge in [0.25, 0.3) is 5.91 Å². The highest BCUT2D eigenvalue weighted by molar-refractivity contribution is 6.02. The van der Waals surface area contributed by atoms with Crippen LogP contribution >= 0.6 is 0 Å². The topological polar surface area (TPSA) is 160 Å². The Morgan fingerprint density at radius 3 is 2.47 bits per heavy atom. The van der Waals surface area contributed by atoms with Gasteiger partial charge in [-0.2, -0.15) is 0 Å². The largest absolute Gasteiger partial charge is 0.364 e. The molecule has 12 heteroatoms. The van der Waals surface area contributed by atoms with Crippen LogP contribution in [0.2, 0.25) is 0 Å². The molecule has 51 heavy (non-hydrogen) atoms. The van der Waals surface area contributed by atoms with Crippen LogP contribution in [0.4, 0.5) is 17.3 Å². The molecule has 4 N–H and O–H groups in total. The molecule has 2 saturated heterocycles. The molecule has 1 atom stereocenters. The number of nitrogens with two attached hydrogens (primary N) is 1. The fourth-order valence-electron chi connectivity index (χ4n) is 8.62. The predicted molar refractivity (Wildman–Crippen MR) is 194 cm³/mol. The summed E-state index contributed by atoms with van der Waals surface area (Å²) in [5.74, 6) is 0.818. The van der Waals surface area contributed by atoms with Crippen molar-refractivity contribution in [2.75, 3.05) is 42.9 Å². The van der Waals surface area contributed by atoms with Crippen molar-refractivity contribution in [3.63, 3.8) is 0 Å². The zero-order valence-corrected chi connectivity index (χ0v) is 29.0. The number of hydrogen-bond acceptors (Lipinski definition) is 10. The van der Waals surface area contributed by atoms with Crippen molar-refractivity contribution >= 4 is 46.0 Å². The van der Waals surface area contributed by atoms with E-state index >= 15 is 0 Å². The lowest BCUT2D eigenvalue weighted by atomic mass is 9.78. The van der Waals surface area contributed by atoms with E-state index in [1.54, 1.807) is 6.20 Å². The normalized spacial score (nSPS) is 23.1. The molecule has 266 valence electrons. The number of amides is 3. The smallest absolute Gasteiger partial charge is 0.271 e. The molecule has 8 rings (SSSR count). The Hall–Kier alpha value is -4.84. The van der Waals surface area contributed by atoms with Crippen molar-refractivity contribution in [3.05, 3.63) is 70.7 Å². The lowest BCUT2D eigenvalue weighted by Gasteiger charge is -2.32. The number of primary amides is 1. The summed E-state index contributed by atoms with van der Waals surface area (Å²) in [6.07, 6.45) is 12.5. The maximum Gasteiger partial charge on any atom is 0.271 e. The second-order valence-corrected chi connectivity index (χ2v) is 14.8. The first-order valence-electron chi connectivity index (χ1n) is 18.6. The van der Waals surface area contributed by atoms with Crippen LogP contribution < -0.4 is 21.3 Å². The molecular weight excluding hydrogens is 644 g/mol. The van der Waals surface area contributed by atoms with Gasteiger partial charge in [0.1, 0.15) is 11.5 Å². The zero-order chi connectivity index (χ0) is 34.9. The summed E-state index contributed by atoms with van der Waals surface area (Å²) in [5, 5.41) is 11.0. The van der Waals surface area contributed by atoms with E-state index in [2.05, 4.69) is 60.9 Å². The molecule has 1 saturated carbocycles. The zero-order valence-electron chi connectivity index (χ0n) is 29.0. The summed E-state index contributed by atoms with van der Waals surface area (Å²) in [7, 11) is 0. The van der Waals surface area contributed by atoms with E-state index in [1.165, 1.54) is 48.8 Å². The second kappa shape index (κ2) is 14.4. The molecule has 12 nitrogen and oxygen atoms in total. The van der Waals surface area contributed by atoms with Crippen LogP contribution in [-0.4, -0.2) is 70.5 Å². The first kappa shape index (κ1) is 33.3. The minimum atomic E-state index is -0.596. The molecule has 0 bridgehead atoms. The highest BCUT2D eigenvalue weighted by atomic mass is 16.5. The number of benzene rings is 2. The summed E-state index contributed by atoms with van der Waals surface area (Å²) >= 11 is 0. The molecule has 4 aromatic rings. The average Bonchev–Trinajstić information content (AvgIpc) is 3.47. The van der Waals surface area contributed by atoms with Crippen molar-refractivity contribution in [1.29, 1.82) is 0 Å². The minimum absolute atomic E-state index is 0.150. The van der Waals surface area contributed by atoms with Crippen LogP contribution in [0.1, 0.15) is 102 Å². The van der Waals surface area contributed by atoms with Gasteiger partial charge in [-0.3, -0.25) is 19.7 Å². The Bertz CT molecular complexity index is 1930. The minimum Gasteiger partial charge on any atom is -0.364 e. The first-order valence-corrected chi connectivity index (χ1v) is 18.6. The van der Waals surface area contributed by atoms with Crippen LogP contribution in [0.3, 0.4) is 0 Å². The third kappa shape index (κ3) is 7.06. The molecule has 4 aliphatic rings. The summed E-state index contributed by atoms with van der Waals surface area (Å²) < 4.78 is 5.89. The van der Waals surface area contributed by atoms with Gasteiger partial charge < -0.3 is 25.4 Å². The monoisotopic (exact) mass is 690 g/mol. The van der Waals surface area contributed by atoms with Gasteiger partial charge in [-0.05, 0) is 105 Å². The maximum absolute atomic E-state index is 12.5. The number of nitrogens with zero attached hydrogens (tertiary/aromatic N) is 5. The number of hydrogen-bond donors (Lipinski definition) is 3. The first-order chi connectivity index (χ1) is 24.9. The van der Waals surface area contributed by atoms with E-state index in [0.717, 1.165) is 80.9 Å². The number of fused-ring (bicyclic) bond motifs is 3. The van der Waals surface area contributed by atoms with Crippen molar-refractivity contribution in [2.45, 2.75) is 82.5 Å². The van der Waals surface area contributed by atoms with E-state index in [4.69, 9.17) is 15.2 Å². The maximum atomic E-state index is 12.5. The lowest BCUT2D eigenvalue weighted by Crippen LogP contribution is -2.39. The summed E-state index contributed by atoms with van der Waals surface area (Å²) in [5.41, 5.74) is 11.9.